The van der Waals surface area contributed by atoms with Crippen molar-refractivity contribution in [3.05, 3.63) is 0 Å². The molecular weight excluding hydrogens is 284 g/mol. The first-order valence-corrected chi connectivity index (χ1v) is 8.51. The van der Waals surface area contributed by atoms with Gasteiger partial charge in [-0.25, -0.2) is 0 Å². The molecular formula is C12H31ClN2O3Si. The number of halogens is 1. The quantitative estimate of drug-likeness (QED) is 0.523. The van der Waals surface area contributed by atoms with E-state index >= 15 is 0 Å². The average molecular weight is 315 g/mol. The van der Waals surface area contributed by atoms with Crippen LogP contribution in [0.25, 0.3) is 0 Å². The Morgan fingerprint density at radius 2 is 1.53 bits per heavy atom. The van der Waals surface area contributed by atoms with E-state index in [1.165, 1.54) is 0 Å². The normalized spacial score (nSPS) is 14.4. The van der Waals surface area contributed by atoms with Gasteiger partial charge in [-0.3, -0.25) is 0 Å². The van der Waals surface area contributed by atoms with Crippen LogP contribution in [-0.2, 0) is 13.3 Å². The van der Waals surface area contributed by atoms with Gasteiger partial charge in [-0.05, 0) is 46.8 Å². The van der Waals surface area contributed by atoms with Gasteiger partial charge in [0, 0.05) is 32.2 Å². The molecule has 0 bridgehead atoms. The van der Waals surface area contributed by atoms with Gasteiger partial charge >= 0.3 is 8.80 Å². The maximum atomic E-state index is 6.50. The molecule has 0 saturated carbocycles. The summed E-state index contributed by atoms with van der Waals surface area (Å²) in [4.78, 5) is 1.86. The van der Waals surface area contributed by atoms with Crippen molar-refractivity contribution in [1.82, 2.24) is 11.1 Å². The fourth-order valence-corrected chi connectivity index (χ4v) is 4.54. The third kappa shape index (κ3) is 7.60. The molecule has 0 fully saturated rings. The topological polar surface area (TPSA) is 65.9 Å². The highest BCUT2D eigenvalue weighted by Gasteiger charge is 2.44. The fourth-order valence-electron chi connectivity index (χ4n) is 1.90. The van der Waals surface area contributed by atoms with Crippen molar-refractivity contribution in [2.24, 2.45) is 5.92 Å². The van der Waals surface area contributed by atoms with Crippen LogP contribution in [0.4, 0.5) is 0 Å². The molecule has 19 heavy (non-hydrogen) atoms. The van der Waals surface area contributed by atoms with Crippen molar-refractivity contribution in [3.63, 3.8) is 0 Å². The molecule has 0 rings (SSSR count). The van der Waals surface area contributed by atoms with Gasteiger partial charge in [-0.1, -0.05) is 0 Å². The minimum atomic E-state index is -2.57. The lowest BCUT2D eigenvalue weighted by Gasteiger charge is -2.35. The second kappa shape index (κ2) is 9.28. The van der Waals surface area contributed by atoms with E-state index in [2.05, 4.69) is 19.0 Å². The Balaban J connectivity index is 0. The summed E-state index contributed by atoms with van der Waals surface area (Å²) < 4.78 is 16.5. The molecule has 0 spiro atoms. The van der Waals surface area contributed by atoms with Crippen LogP contribution >= 0.6 is 11.6 Å². The van der Waals surface area contributed by atoms with E-state index in [9.17, 15) is 0 Å². The Kier molecular flexibility index (Phi) is 10.6. The van der Waals surface area contributed by atoms with Crippen LogP contribution in [0.3, 0.4) is 0 Å². The zero-order chi connectivity index (χ0) is 14.4. The van der Waals surface area contributed by atoms with Gasteiger partial charge in [-0.2, -0.15) is 0 Å². The smallest absolute Gasteiger partial charge is 0.377 e. The Morgan fingerprint density at radius 1 is 1.11 bits per heavy atom. The van der Waals surface area contributed by atoms with E-state index in [0.717, 1.165) is 19.0 Å². The molecule has 0 aliphatic heterocycles. The second-order valence-electron chi connectivity index (χ2n) is 5.35. The highest BCUT2D eigenvalue weighted by atomic mass is 35.5. The summed E-state index contributed by atoms with van der Waals surface area (Å²) in [5.74, 6) is 0.285. The average Bonchev–Trinajstić information content (AvgIpc) is 2.28. The summed E-state index contributed by atoms with van der Waals surface area (Å²) >= 11 is 6.50. The monoisotopic (exact) mass is 314 g/mol. The first-order valence-electron chi connectivity index (χ1n) is 6.20. The first kappa shape index (κ1) is 21.6. The number of hydrogen-bond acceptors (Lipinski definition) is 5. The van der Waals surface area contributed by atoms with Crippen LogP contribution in [0.15, 0.2) is 0 Å². The van der Waals surface area contributed by atoms with Gasteiger partial charge in [0.25, 0.3) is 0 Å². The molecule has 5 nitrogen and oxygen atoms in total. The van der Waals surface area contributed by atoms with Crippen LogP contribution < -0.4 is 6.15 Å². The highest BCUT2D eigenvalue weighted by molar-refractivity contribution is 6.60. The van der Waals surface area contributed by atoms with E-state index < -0.39 is 8.80 Å². The third-order valence-corrected chi connectivity index (χ3v) is 6.49. The molecule has 0 aliphatic rings. The molecule has 0 heterocycles. The van der Waals surface area contributed by atoms with E-state index in [1.807, 2.05) is 13.8 Å². The van der Waals surface area contributed by atoms with E-state index in [1.54, 1.807) is 21.3 Å². The zero-order valence-corrected chi connectivity index (χ0v) is 15.2. The van der Waals surface area contributed by atoms with Crippen LogP contribution in [0.2, 0.25) is 6.04 Å². The van der Waals surface area contributed by atoms with Gasteiger partial charge < -0.3 is 24.3 Å². The maximum Gasteiger partial charge on any atom is 0.500 e. The Bertz CT molecular complexity index is 225. The number of nitrogens with zero attached hydrogens (tertiary/aromatic N) is 1. The van der Waals surface area contributed by atoms with Crippen molar-refractivity contribution in [1.29, 1.82) is 0 Å². The first-order chi connectivity index (χ1) is 8.20. The summed E-state index contributed by atoms with van der Waals surface area (Å²) in [7, 11) is 6.48. The van der Waals surface area contributed by atoms with Crippen molar-refractivity contribution >= 4 is 20.4 Å². The second-order valence-corrected chi connectivity index (χ2v) is 9.33. The lowest BCUT2D eigenvalue weighted by atomic mass is 9.93. The van der Waals surface area contributed by atoms with Crippen molar-refractivity contribution < 1.29 is 13.3 Å². The van der Waals surface area contributed by atoms with Crippen LogP contribution in [0, 0.1) is 5.92 Å². The number of rotatable bonds is 9. The summed E-state index contributed by atoms with van der Waals surface area (Å²) in [6.45, 7) is 5.06. The van der Waals surface area contributed by atoms with Gasteiger partial charge in [0.1, 0.15) is 0 Å². The van der Waals surface area contributed by atoms with Crippen molar-refractivity contribution in [2.45, 2.75) is 31.2 Å². The van der Waals surface area contributed by atoms with E-state index in [0.29, 0.717) is 0 Å². The summed E-state index contributed by atoms with van der Waals surface area (Å²) in [6.07, 6.45) is 0.994. The zero-order valence-electron chi connectivity index (χ0n) is 13.5. The fraction of sp³-hybridized carbons (Fsp3) is 1.00. The molecule has 0 radical (unpaired) electrons. The third-order valence-electron chi connectivity index (χ3n) is 3.32. The van der Waals surface area contributed by atoms with Crippen LogP contribution in [0.5, 0.6) is 0 Å². The van der Waals surface area contributed by atoms with E-state index in [-0.39, 0.29) is 16.9 Å². The lowest BCUT2D eigenvalue weighted by Crippen LogP contribution is -2.47. The maximum absolute atomic E-state index is 6.50. The lowest BCUT2D eigenvalue weighted by molar-refractivity contribution is 0.114. The largest absolute Gasteiger partial charge is 0.500 e. The molecule has 0 aromatic carbocycles. The molecule has 0 aromatic heterocycles. The van der Waals surface area contributed by atoms with Crippen molar-refractivity contribution in [3.8, 4) is 0 Å². The minimum Gasteiger partial charge on any atom is -0.377 e. The number of hydrogen-bond donors (Lipinski definition) is 1. The molecule has 0 aliphatic carbocycles. The molecule has 3 N–H and O–H groups in total. The van der Waals surface area contributed by atoms with Crippen LogP contribution in [0.1, 0.15) is 20.3 Å². The number of alkyl halides is 1. The highest BCUT2D eigenvalue weighted by Crippen LogP contribution is 2.34. The molecule has 7 heteroatoms. The molecule has 1 atom stereocenters. The van der Waals surface area contributed by atoms with Crippen LogP contribution in [-0.4, -0.2) is 60.5 Å². The molecule has 0 saturated heterocycles. The molecule has 118 valence electrons. The standard InChI is InChI=1S/C12H28ClNO3Si.H3N/c1-12(2,13)11(8-9-14(3)4)10-18(15-5,16-6)17-7;/h11H,8-10H2,1-7H3;1H3. The van der Waals surface area contributed by atoms with Gasteiger partial charge in [-0.15, -0.1) is 11.6 Å². The predicted molar refractivity (Wildman–Crippen MR) is 83.2 cm³/mol. The Hall–Kier alpha value is 0.307. The van der Waals surface area contributed by atoms with Crippen molar-refractivity contribution in [2.75, 3.05) is 42.0 Å². The Morgan fingerprint density at radius 3 is 1.79 bits per heavy atom. The summed E-state index contributed by atoms with van der Waals surface area (Å²) in [5, 5.41) is 0. The molecule has 1 unspecified atom stereocenters. The summed E-state index contributed by atoms with van der Waals surface area (Å²) in [5.41, 5.74) is 0. The van der Waals surface area contributed by atoms with Gasteiger partial charge in [0.2, 0.25) is 0 Å². The van der Waals surface area contributed by atoms with E-state index in [4.69, 9.17) is 24.9 Å². The SMILES string of the molecule is CO[Si](CC(CCN(C)C)C(C)(C)Cl)(OC)OC.N. The summed E-state index contributed by atoms with van der Waals surface area (Å²) in [6, 6.07) is 0.737. The Labute approximate surface area is 124 Å². The molecule has 0 amide bonds. The predicted octanol–water partition coefficient (Wildman–Crippen LogP) is 2.61. The van der Waals surface area contributed by atoms with Gasteiger partial charge in [0.05, 0.1) is 0 Å². The van der Waals surface area contributed by atoms with Gasteiger partial charge in [0.15, 0.2) is 0 Å². The molecule has 0 aromatic rings. The minimum absolute atomic E-state index is 0.